The Bertz CT molecular complexity index is 514. The predicted octanol–water partition coefficient (Wildman–Crippen LogP) is 0.443. The Labute approximate surface area is 143 Å². The summed E-state index contributed by atoms with van der Waals surface area (Å²) < 4.78 is 49.7. The molecule has 0 spiro atoms. The van der Waals surface area contributed by atoms with Crippen LogP contribution < -0.4 is 0 Å². The van der Waals surface area contributed by atoms with Crippen molar-refractivity contribution in [3.8, 4) is 0 Å². The normalized spacial score (nSPS) is 46.0. The third-order valence-electron chi connectivity index (χ3n) is 4.49. The molecule has 0 aromatic carbocycles. The number of ether oxygens (including phenoxy) is 5. The van der Waals surface area contributed by atoms with Gasteiger partial charge in [0.2, 0.25) is 17.2 Å². The molecule has 2 aliphatic heterocycles. The van der Waals surface area contributed by atoms with Gasteiger partial charge in [0.1, 0.15) is 12.2 Å². The number of carbonyl (C=O) groups excluding carboxylic acids is 1. The molecule has 0 aromatic rings. The molecule has 5 unspecified atom stereocenters. The van der Waals surface area contributed by atoms with Crippen LogP contribution in [0.5, 0.6) is 0 Å². The lowest BCUT2D eigenvalue weighted by molar-refractivity contribution is -0.437. The van der Waals surface area contributed by atoms with Crippen molar-refractivity contribution in [1.29, 1.82) is 0 Å². The highest BCUT2D eigenvalue weighted by Gasteiger charge is 2.62. The van der Waals surface area contributed by atoms with E-state index in [9.17, 15) is 9.00 Å². The van der Waals surface area contributed by atoms with Crippen molar-refractivity contribution in [2.24, 2.45) is 0 Å². The van der Waals surface area contributed by atoms with Crippen molar-refractivity contribution in [3.63, 3.8) is 0 Å². The molecule has 9 nitrogen and oxygen atoms in total. The Morgan fingerprint density at radius 2 is 1.83 bits per heavy atom. The summed E-state index contributed by atoms with van der Waals surface area (Å²) in [5.41, 5.74) is -1.59. The first-order valence-electron chi connectivity index (χ1n) is 7.53. The second-order valence-electron chi connectivity index (χ2n) is 5.90. The summed E-state index contributed by atoms with van der Waals surface area (Å²) >= 11 is -2.10. The van der Waals surface area contributed by atoms with Crippen molar-refractivity contribution < 1.29 is 41.1 Å². The molecule has 24 heavy (non-hydrogen) atoms. The van der Waals surface area contributed by atoms with Gasteiger partial charge in [-0.15, -0.1) is 0 Å². The molecule has 0 bridgehead atoms. The van der Waals surface area contributed by atoms with Gasteiger partial charge in [-0.25, -0.2) is 8.98 Å². The van der Waals surface area contributed by atoms with Gasteiger partial charge >= 0.3 is 17.3 Å². The van der Waals surface area contributed by atoms with Crippen LogP contribution in [-0.4, -0.2) is 67.0 Å². The molecule has 0 radical (unpaired) electrons. The van der Waals surface area contributed by atoms with Gasteiger partial charge in [0, 0.05) is 14.2 Å². The first-order valence-corrected chi connectivity index (χ1v) is 8.53. The van der Waals surface area contributed by atoms with E-state index in [4.69, 9.17) is 32.1 Å². The number of rotatable bonds is 5. The summed E-state index contributed by atoms with van der Waals surface area (Å²) in [6.07, 6.45) is -1.80. The van der Waals surface area contributed by atoms with E-state index in [0.29, 0.717) is 0 Å². The minimum absolute atomic E-state index is 0.0174. The van der Waals surface area contributed by atoms with Crippen LogP contribution in [0.2, 0.25) is 0 Å². The van der Waals surface area contributed by atoms with Gasteiger partial charge in [-0.1, -0.05) is 0 Å². The summed E-state index contributed by atoms with van der Waals surface area (Å²) in [5.74, 6) is -3.14. The Morgan fingerprint density at radius 1 is 1.21 bits per heavy atom. The zero-order valence-corrected chi connectivity index (χ0v) is 15.5. The van der Waals surface area contributed by atoms with Crippen molar-refractivity contribution in [1.82, 2.24) is 0 Å². The fraction of sp³-hybridized carbons (Fsp3) is 0.929. The van der Waals surface area contributed by atoms with Crippen LogP contribution in [0.3, 0.4) is 0 Å². The molecule has 2 heterocycles. The highest BCUT2D eigenvalue weighted by atomic mass is 32.2. The van der Waals surface area contributed by atoms with Gasteiger partial charge in [-0.3, -0.25) is 4.18 Å². The Balaban J connectivity index is 2.27. The average Bonchev–Trinajstić information content (AvgIpc) is 2.86. The molecule has 0 aliphatic carbocycles. The van der Waals surface area contributed by atoms with E-state index in [0.717, 1.165) is 0 Å². The Morgan fingerprint density at radius 3 is 2.38 bits per heavy atom. The van der Waals surface area contributed by atoms with E-state index in [1.165, 1.54) is 21.1 Å². The number of hydrogen-bond donors (Lipinski definition) is 0. The van der Waals surface area contributed by atoms with E-state index in [-0.39, 0.29) is 13.2 Å². The highest BCUT2D eigenvalue weighted by Crippen LogP contribution is 2.41. The third-order valence-corrected chi connectivity index (χ3v) is 5.33. The van der Waals surface area contributed by atoms with E-state index >= 15 is 0 Å². The SMILES string of the molecule is CCOC(=O)C1(C)OS(=O)OC1[C@H]1COC(C)(OC)C(C)(OC)O1. The first-order chi connectivity index (χ1) is 11.2. The van der Waals surface area contributed by atoms with Crippen molar-refractivity contribution in [2.45, 2.75) is 57.1 Å². The van der Waals surface area contributed by atoms with Crippen LogP contribution >= 0.6 is 0 Å². The molecular weight excluding hydrogens is 344 g/mol. The van der Waals surface area contributed by atoms with Crippen LogP contribution in [0.4, 0.5) is 0 Å². The van der Waals surface area contributed by atoms with Gasteiger partial charge in [0.05, 0.1) is 13.2 Å². The standard InChI is InChI=1S/C14H24O9S/c1-7-19-11(15)12(2)10(22-24(16)23-12)9-8-20-13(3,17-5)14(4,18-6)21-9/h9-10H,7-8H2,1-6H3/t9-,10?,12?,13?,14?,24?/m1/s1. The minimum atomic E-state index is -2.10. The summed E-state index contributed by atoms with van der Waals surface area (Å²) in [6, 6.07) is 0. The van der Waals surface area contributed by atoms with Gasteiger partial charge in [-0.05, 0) is 27.7 Å². The molecule has 2 aliphatic rings. The molecule has 0 aromatic heterocycles. The number of esters is 1. The number of hydrogen-bond acceptors (Lipinski definition) is 9. The number of methoxy groups -OCH3 is 2. The summed E-state index contributed by atoms with van der Waals surface area (Å²) in [4.78, 5) is 12.3. The molecule has 140 valence electrons. The zero-order valence-electron chi connectivity index (χ0n) is 14.7. The van der Waals surface area contributed by atoms with Crippen LogP contribution in [0.15, 0.2) is 0 Å². The van der Waals surface area contributed by atoms with E-state index in [2.05, 4.69) is 0 Å². The fourth-order valence-corrected chi connectivity index (χ4v) is 3.62. The monoisotopic (exact) mass is 368 g/mol. The van der Waals surface area contributed by atoms with Crippen LogP contribution in [0.1, 0.15) is 27.7 Å². The molecule has 2 rings (SSSR count). The lowest BCUT2D eigenvalue weighted by Crippen LogP contribution is -2.66. The fourth-order valence-electron chi connectivity index (χ4n) is 2.66. The molecule has 0 N–H and O–H groups in total. The van der Waals surface area contributed by atoms with E-state index in [1.807, 2.05) is 0 Å². The van der Waals surface area contributed by atoms with Crippen molar-refractivity contribution in [2.75, 3.05) is 27.4 Å². The quantitative estimate of drug-likeness (QED) is 0.640. The van der Waals surface area contributed by atoms with E-state index < -0.39 is 46.7 Å². The summed E-state index contributed by atoms with van der Waals surface area (Å²) in [5, 5.41) is 0. The molecule has 0 saturated carbocycles. The summed E-state index contributed by atoms with van der Waals surface area (Å²) in [6.45, 7) is 6.58. The second-order valence-corrected chi connectivity index (χ2v) is 6.67. The maximum atomic E-state index is 12.3. The van der Waals surface area contributed by atoms with Gasteiger partial charge < -0.3 is 23.7 Å². The van der Waals surface area contributed by atoms with Gasteiger partial charge in [0.25, 0.3) is 0 Å². The average molecular weight is 368 g/mol. The number of carbonyl (C=O) groups is 1. The van der Waals surface area contributed by atoms with Gasteiger partial charge in [0.15, 0.2) is 0 Å². The molecule has 2 fully saturated rings. The maximum Gasteiger partial charge on any atom is 0.342 e. The molecular formula is C14H24O9S. The summed E-state index contributed by atoms with van der Waals surface area (Å²) in [7, 11) is 2.91. The van der Waals surface area contributed by atoms with Gasteiger partial charge in [-0.2, -0.15) is 4.21 Å². The Kier molecular flexibility index (Phi) is 5.70. The molecule has 6 atom stereocenters. The lowest BCUT2D eigenvalue weighted by Gasteiger charge is -2.50. The molecule has 2 saturated heterocycles. The van der Waals surface area contributed by atoms with E-state index in [1.54, 1.807) is 20.8 Å². The molecule has 10 heteroatoms. The smallest absolute Gasteiger partial charge is 0.342 e. The zero-order chi connectivity index (χ0) is 18.2. The topological polar surface area (TPSA) is 98.8 Å². The van der Waals surface area contributed by atoms with Crippen LogP contribution in [0, 0.1) is 0 Å². The van der Waals surface area contributed by atoms with Crippen molar-refractivity contribution >= 4 is 17.3 Å². The van der Waals surface area contributed by atoms with Crippen molar-refractivity contribution in [3.05, 3.63) is 0 Å². The largest absolute Gasteiger partial charge is 0.464 e. The predicted molar refractivity (Wildman–Crippen MR) is 80.8 cm³/mol. The van der Waals surface area contributed by atoms with Crippen LogP contribution in [0.25, 0.3) is 0 Å². The molecule has 0 amide bonds. The first kappa shape index (κ1) is 19.7. The maximum absolute atomic E-state index is 12.3. The highest BCUT2D eigenvalue weighted by molar-refractivity contribution is 7.75. The third kappa shape index (κ3) is 3.12. The lowest BCUT2D eigenvalue weighted by atomic mass is 9.93. The van der Waals surface area contributed by atoms with Crippen LogP contribution in [-0.2, 0) is 48.2 Å². The minimum Gasteiger partial charge on any atom is -0.464 e. The Hall–Kier alpha value is -0.620. The second kappa shape index (κ2) is 6.94.